The lowest BCUT2D eigenvalue weighted by molar-refractivity contribution is -0.139. The van der Waals surface area contributed by atoms with Crippen molar-refractivity contribution in [3.8, 4) is 6.07 Å². The summed E-state index contributed by atoms with van der Waals surface area (Å²) in [6, 6.07) is 10.5. The first-order valence-corrected chi connectivity index (χ1v) is 9.04. The molecule has 0 bridgehead atoms. The number of benzene rings is 1. The standard InChI is InChI=1S/C22H24N2O4/c1-5-9-24-15(2)10-19(16(24)3)12-20(13-23)22(26)28-14-17-7-6-8-18(11-17)21(25)27-4/h6-8,10-12H,5,9,14H2,1-4H3/b20-12+. The summed E-state index contributed by atoms with van der Waals surface area (Å²) in [7, 11) is 1.30. The molecule has 0 aliphatic carbocycles. The van der Waals surface area contributed by atoms with Gasteiger partial charge in [-0.25, -0.2) is 9.59 Å². The fourth-order valence-corrected chi connectivity index (χ4v) is 2.97. The molecule has 1 aromatic carbocycles. The predicted octanol–water partition coefficient (Wildman–Crippen LogP) is 3.95. The first-order valence-electron chi connectivity index (χ1n) is 9.04. The molecule has 6 nitrogen and oxygen atoms in total. The van der Waals surface area contributed by atoms with Gasteiger partial charge >= 0.3 is 11.9 Å². The first kappa shape index (κ1) is 21.0. The van der Waals surface area contributed by atoms with E-state index >= 15 is 0 Å². The molecular formula is C22H24N2O4. The topological polar surface area (TPSA) is 81.3 Å². The second-order valence-corrected chi connectivity index (χ2v) is 6.42. The summed E-state index contributed by atoms with van der Waals surface area (Å²) < 4.78 is 12.1. The molecule has 2 rings (SSSR count). The predicted molar refractivity (Wildman–Crippen MR) is 105 cm³/mol. The maximum atomic E-state index is 12.3. The fraction of sp³-hybridized carbons (Fsp3) is 0.318. The van der Waals surface area contributed by atoms with Crippen LogP contribution in [0.4, 0.5) is 0 Å². The number of rotatable bonds is 7. The molecule has 0 aliphatic heterocycles. The lowest BCUT2D eigenvalue weighted by Crippen LogP contribution is -2.08. The molecule has 0 spiro atoms. The zero-order chi connectivity index (χ0) is 20.7. The van der Waals surface area contributed by atoms with E-state index in [4.69, 9.17) is 4.74 Å². The summed E-state index contributed by atoms with van der Waals surface area (Å²) >= 11 is 0. The van der Waals surface area contributed by atoms with Crippen LogP contribution in [0.3, 0.4) is 0 Å². The van der Waals surface area contributed by atoms with E-state index in [2.05, 4.69) is 16.2 Å². The third kappa shape index (κ3) is 4.89. The summed E-state index contributed by atoms with van der Waals surface area (Å²) in [6.07, 6.45) is 2.55. The summed E-state index contributed by atoms with van der Waals surface area (Å²) in [4.78, 5) is 23.9. The van der Waals surface area contributed by atoms with Crippen molar-refractivity contribution in [2.75, 3.05) is 7.11 Å². The van der Waals surface area contributed by atoms with Crippen LogP contribution in [-0.4, -0.2) is 23.6 Å². The normalized spacial score (nSPS) is 11.0. The Labute approximate surface area is 165 Å². The molecule has 0 amide bonds. The second kappa shape index (κ2) is 9.56. The summed E-state index contributed by atoms with van der Waals surface area (Å²) in [5.74, 6) is -1.17. The van der Waals surface area contributed by atoms with Gasteiger partial charge in [-0.2, -0.15) is 5.26 Å². The van der Waals surface area contributed by atoms with Gasteiger partial charge < -0.3 is 14.0 Å². The number of ether oxygens (including phenoxy) is 2. The number of carbonyl (C=O) groups excluding carboxylic acids is 2. The monoisotopic (exact) mass is 380 g/mol. The van der Waals surface area contributed by atoms with Gasteiger partial charge in [0.15, 0.2) is 0 Å². The zero-order valence-corrected chi connectivity index (χ0v) is 16.6. The van der Waals surface area contributed by atoms with Crippen LogP contribution in [0.1, 0.15) is 46.2 Å². The van der Waals surface area contributed by atoms with E-state index in [9.17, 15) is 14.9 Å². The molecule has 6 heteroatoms. The Balaban J connectivity index is 2.15. The van der Waals surface area contributed by atoms with Crippen LogP contribution in [-0.2, 0) is 27.4 Å². The van der Waals surface area contributed by atoms with Crippen LogP contribution in [0, 0.1) is 25.2 Å². The molecule has 28 heavy (non-hydrogen) atoms. The number of aryl methyl sites for hydroxylation is 1. The highest BCUT2D eigenvalue weighted by Crippen LogP contribution is 2.19. The van der Waals surface area contributed by atoms with Crippen LogP contribution >= 0.6 is 0 Å². The minimum absolute atomic E-state index is 0.0441. The summed E-state index contributed by atoms with van der Waals surface area (Å²) in [6.45, 7) is 6.90. The van der Waals surface area contributed by atoms with Crippen molar-refractivity contribution >= 4 is 18.0 Å². The van der Waals surface area contributed by atoms with E-state index in [-0.39, 0.29) is 12.2 Å². The number of methoxy groups -OCH3 is 1. The molecule has 0 aliphatic rings. The largest absolute Gasteiger partial charge is 0.465 e. The van der Waals surface area contributed by atoms with Gasteiger partial charge in [-0.1, -0.05) is 19.1 Å². The van der Waals surface area contributed by atoms with E-state index < -0.39 is 11.9 Å². The Hall–Kier alpha value is -3.33. The van der Waals surface area contributed by atoms with Gasteiger partial charge in [0.1, 0.15) is 18.2 Å². The van der Waals surface area contributed by atoms with Crippen LogP contribution < -0.4 is 0 Å². The Bertz CT molecular complexity index is 948. The first-order chi connectivity index (χ1) is 13.4. The van der Waals surface area contributed by atoms with Crippen molar-refractivity contribution in [3.63, 3.8) is 0 Å². The van der Waals surface area contributed by atoms with Crippen molar-refractivity contribution in [2.45, 2.75) is 40.3 Å². The molecule has 0 atom stereocenters. The van der Waals surface area contributed by atoms with E-state index in [1.807, 2.05) is 26.0 Å². The third-order valence-electron chi connectivity index (χ3n) is 4.42. The molecule has 2 aromatic rings. The molecule has 0 N–H and O–H groups in total. The number of esters is 2. The van der Waals surface area contributed by atoms with Gasteiger partial charge in [0.05, 0.1) is 12.7 Å². The van der Waals surface area contributed by atoms with Gasteiger partial charge in [-0.15, -0.1) is 0 Å². The highest BCUT2D eigenvalue weighted by molar-refractivity contribution is 5.98. The SMILES string of the molecule is CCCn1c(C)cc(/C=C(\C#N)C(=O)OCc2cccc(C(=O)OC)c2)c1C. The Kier molecular flexibility index (Phi) is 7.16. The van der Waals surface area contributed by atoms with E-state index in [1.54, 1.807) is 30.3 Å². The van der Waals surface area contributed by atoms with Crippen molar-refractivity contribution in [1.82, 2.24) is 4.57 Å². The third-order valence-corrected chi connectivity index (χ3v) is 4.42. The Morgan fingerprint density at radius 1 is 1.25 bits per heavy atom. The number of hydrogen-bond donors (Lipinski definition) is 0. The van der Waals surface area contributed by atoms with Crippen molar-refractivity contribution in [1.29, 1.82) is 5.26 Å². The average Bonchev–Trinajstić information content (AvgIpc) is 2.97. The average molecular weight is 380 g/mol. The highest BCUT2D eigenvalue weighted by atomic mass is 16.5. The van der Waals surface area contributed by atoms with E-state index in [0.29, 0.717) is 11.1 Å². The van der Waals surface area contributed by atoms with Crippen LogP contribution in [0.5, 0.6) is 0 Å². The number of nitrogens with zero attached hydrogens (tertiary/aromatic N) is 2. The number of hydrogen-bond acceptors (Lipinski definition) is 5. The lowest BCUT2D eigenvalue weighted by Gasteiger charge is -2.07. The maximum absolute atomic E-state index is 12.3. The number of aromatic nitrogens is 1. The molecule has 0 unspecified atom stereocenters. The summed E-state index contributed by atoms with van der Waals surface area (Å²) in [5, 5.41) is 9.39. The lowest BCUT2D eigenvalue weighted by atomic mass is 10.1. The van der Waals surface area contributed by atoms with Gasteiger partial charge in [-0.05, 0) is 55.7 Å². The van der Waals surface area contributed by atoms with E-state index in [0.717, 1.165) is 29.9 Å². The maximum Gasteiger partial charge on any atom is 0.349 e. The molecule has 0 radical (unpaired) electrons. The second-order valence-electron chi connectivity index (χ2n) is 6.42. The molecule has 1 aromatic heterocycles. The van der Waals surface area contributed by atoms with Crippen molar-refractivity contribution in [2.24, 2.45) is 0 Å². The molecule has 0 saturated heterocycles. The zero-order valence-electron chi connectivity index (χ0n) is 16.6. The van der Waals surface area contributed by atoms with Crippen LogP contribution in [0.25, 0.3) is 6.08 Å². The van der Waals surface area contributed by atoms with Gasteiger partial charge in [0.25, 0.3) is 0 Å². The van der Waals surface area contributed by atoms with Crippen molar-refractivity contribution < 1.29 is 19.1 Å². The molecule has 1 heterocycles. The molecule has 0 fully saturated rings. The Morgan fingerprint density at radius 2 is 2.00 bits per heavy atom. The van der Waals surface area contributed by atoms with Crippen LogP contribution in [0.2, 0.25) is 0 Å². The fourth-order valence-electron chi connectivity index (χ4n) is 2.97. The van der Waals surface area contributed by atoms with E-state index in [1.165, 1.54) is 7.11 Å². The number of carbonyl (C=O) groups is 2. The quantitative estimate of drug-likeness (QED) is 0.413. The van der Waals surface area contributed by atoms with Crippen LogP contribution in [0.15, 0.2) is 35.9 Å². The van der Waals surface area contributed by atoms with Crippen molar-refractivity contribution in [3.05, 3.63) is 64.0 Å². The molecule has 146 valence electrons. The van der Waals surface area contributed by atoms with Gasteiger partial charge in [-0.3, -0.25) is 0 Å². The Morgan fingerprint density at radius 3 is 2.64 bits per heavy atom. The smallest absolute Gasteiger partial charge is 0.349 e. The highest BCUT2D eigenvalue weighted by Gasteiger charge is 2.14. The molecule has 0 saturated carbocycles. The summed E-state index contributed by atoms with van der Waals surface area (Å²) in [5.41, 5.74) is 3.85. The van der Waals surface area contributed by atoms with Gasteiger partial charge in [0, 0.05) is 17.9 Å². The van der Waals surface area contributed by atoms with Gasteiger partial charge in [0.2, 0.25) is 0 Å². The minimum Gasteiger partial charge on any atom is -0.465 e. The minimum atomic E-state index is -0.703. The molecular weight excluding hydrogens is 356 g/mol. The number of nitriles is 1.